The van der Waals surface area contributed by atoms with Crippen LogP contribution in [0.1, 0.15) is 38.5 Å². The molecule has 0 heterocycles. The van der Waals surface area contributed by atoms with E-state index >= 15 is 0 Å². The number of unbranched alkanes of at least 4 members (excludes halogenated alkanes) is 5. The molecule has 0 saturated carbocycles. The molecule has 0 aromatic rings. The lowest BCUT2D eigenvalue weighted by molar-refractivity contribution is -0.164. The molecule has 3 N–H and O–H groups in total. The average Bonchev–Trinajstić information content (AvgIpc) is 2.40. The Hall–Kier alpha value is -1.24. The van der Waals surface area contributed by atoms with Crippen LogP contribution in [0, 0.1) is 0 Å². The van der Waals surface area contributed by atoms with Crippen LogP contribution in [0.5, 0.6) is 0 Å². The van der Waals surface area contributed by atoms with Gasteiger partial charge < -0.3 is 20.1 Å². The topological polar surface area (TPSA) is 104 Å². The number of aliphatic hydroxyl groups excluding tert-OH is 3. The van der Waals surface area contributed by atoms with Crippen LogP contribution in [0.4, 0.5) is 0 Å². The van der Waals surface area contributed by atoms with Crippen molar-refractivity contribution in [2.45, 2.75) is 44.6 Å². The first-order valence-electron chi connectivity index (χ1n) is 6.43. The first-order chi connectivity index (χ1) is 9.11. The number of rotatable bonds is 10. The van der Waals surface area contributed by atoms with Gasteiger partial charge in [-0.15, -0.1) is 0 Å². The third-order valence-corrected chi connectivity index (χ3v) is 2.43. The molecule has 0 fully saturated rings. The fourth-order valence-electron chi connectivity index (χ4n) is 1.36. The molecule has 0 bridgehead atoms. The lowest BCUT2D eigenvalue weighted by Gasteiger charge is -2.03. The van der Waals surface area contributed by atoms with Crippen LogP contribution in [-0.2, 0) is 14.3 Å². The van der Waals surface area contributed by atoms with Crippen LogP contribution in [0.15, 0.2) is 12.2 Å². The average molecular weight is 274 g/mol. The smallest absolute Gasteiger partial charge is 0.345 e. The van der Waals surface area contributed by atoms with Gasteiger partial charge in [-0.2, -0.15) is 0 Å². The van der Waals surface area contributed by atoms with Gasteiger partial charge in [-0.05, 0) is 19.3 Å². The Bertz CT molecular complexity index is 287. The van der Waals surface area contributed by atoms with Crippen molar-refractivity contribution in [3.8, 4) is 0 Å². The van der Waals surface area contributed by atoms with Crippen LogP contribution < -0.4 is 0 Å². The molecule has 0 aromatic carbocycles. The summed E-state index contributed by atoms with van der Waals surface area (Å²) in [6.07, 6.45) is 6.55. The van der Waals surface area contributed by atoms with Crippen LogP contribution in [0.2, 0.25) is 0 Å². The Kier molecular flexibility index (Phi) is 11.1. The molecule has 1 atom stereocenters. The third-order valence-electron chi connectivity index (χ3n) is 2.43. The van der Waals surface area contributed by atoms with Crippen LogP contribution >= 0.6 is 0 Å². The minimum Gasteiger partial charge on any atom is -0.396 e. The summed E-state index contributed by atoms with van der Waals surface area (Å²) < 4.78 is 4.26. The molecule has 0 saturated heterocycles. The predicted octanol–water partition coefficient (Wildman–Crippen LogP) is 0.298. The number of hydrogen-bond acceptors (Lipinski definition) is 6. The summed E-state index contributed by atoms with van der Waals surface area (Å²) in [4.78, 5) is 22.0. The van der Waals surface area contributed by atoms with E-state index in [1.54, 1.807) is 6.08 Å². The number of carbonyl (C=O) groups excluding carboxylic acids is 2. The quantitative estimate of drug-likeness (QED) is 0.229. The fourth-order valence-corrected chi connectivity index (χ4v) is 1.36. The van der Waals surface area contributed by atoms with Gasteiger partial charge in [-0.25, -0.2) is 9.59 Å². The molecule has 0 aliphatic rings. The predicted molar refractivity (Wildman–Crippen MR) is 68.1 cm³/mol. The van der Waals surface area contributed by atoms with E-state index in [0.29, 0.717) is 6.42 Å². The fraction of sp³-hybridized carbons (Fsp3) is 0.692. The van der Waals surface area contributed by atoms with Gasteiger partial charge in [0, 0.05) is 12.7 Å². The maximum Gasteiger partial charge on any atom is 0.345 e. The normalized spacial score (nSPS) is 12.6. The Balaban J connectivity index is 3.60. The minimum absolute atomic E-state index is 0.222. The van der Waals surface area contributed by atoms with Gasteiger partial charge >= 0.3 is 11.9 Å². The van der Waals surface area contributed by atoms with E-state index in [0.717, 1.165) is 38.2 Å². The molecule has 0 aromatic heterocycles. The number of aliphatic hydroxyl groups is 3. The maximum atomic E-state index is 11.1. The Morgan fingerprint density at radius 2 is 1.68 bits per heavy atom. The highest BCUT2D eigenvalue weighted by Crippen LogP contribution is 2.05. The highest BCUT2D eigenvalue weighted by molar-refractivity contribution is 5.93. The summed E-state index contributed by atoms with van der Waals surface area (Å²) in [5.74, 6) is -2.00. The van der Waals surface area contributed by atoms with E-state index in [-0.39, 0.29) is 6.61 Å². The van der Waals surface area contributed by atoms with Crippen molar-refractivity contribution in [2.24, 2.45) is 0 Å². The molecule has 0 aliphatic heterocycles. The molecule has 0 radical (unpaired) electrons. The van der Waals surface area contributed by atoms with E-state index < -0.39 is 24.6 Å². The molecule has 6 heteroatoms. The summed E-state index contributed by atoms with van der Waals surface area (Å²) in [6, 6.07) is 0. The van der Waals surface area contributed by atoms with Gasteiger partial charge in [0.1, 0.15) is 0 Å². The van der Waals surface area contributed by atoms with Gasteiger partial charge in [0.2, 0.25) is 0 Å². The van der Waals surface area contributed by atoms with E-state index in [1.165, 1.54) is 0 Å². The zero-order valence-electron chi connectivity index (χ0n) is 11.0. The molecule has 0 aliphatic carbocycles. The van der Waals surface area contributed by atoms with Crippen LogP contribution in [0.25, 0.3) is 0 Å². The molecule has 0 spiro atoms. The van der Waals surface area contributed by atoms with E-state index in [2.05, 4.69) is 4.74 Å². The lowest BCUT2D eigenvalue weighted by Crippen LogP contribution is -2.28. The van der Waals surface area contributed by atoms with Crippen molar-refractivity contribution >= 4 is 11.9 Å². The zero-order valence-corrected chi connectivity index (χ0v) is 11.0. The SMILES string of the molecule is O=C(/C=C/CCCCCCCO)OC(=O)C(O)CO. The highest BCUT2D eigenvalue weighted by Gasteiger charge is 2.17. The number of allylic oxidation sites excluding steroid dienone is 1. The van der Waals surface area contributed by atoms with Crippen molar-refractivity contribution in [3.05, 3.63) is 12.2 Å². The number of ether oxygens (including phenoxy) is 1. The largest absolute Gasteiger partial charge is 0.396 e. The minimum atomic E-state index is -1.68. The second kappa shape index (κ2) is 11.8. The van der Waals surface area contributed by atoms with Gasteiger partial charge in [0.15, 0.2) is 6.10 Å². The van der Waals surface area contributed by atoms with E-state index in [1.807, 2.05) is 0 Å². The first kappa shape index (κ1) is 17.8. The van der Waals surface area contributed by atoms with Crippen molar-refractivity contribution in [1.29, 1.82) is 0 Å². The lowest BCUT2D eigenvalue weighted by atomic mass is 10.1. The number of hydrogen-bond donors (Lipinski definition) is 3. The van der Waals surface area contributed by atoms with Crippen molar-refractivity contribution in [3.63, 3.8) is 0 Å². The molecule has 1 unspecified atom stereocenters. The van der Waals surface area contributed by atoms with Crippen molar-refractivity contribution in [2.75, 3.05) is 13.2 Å². The van der Waals surface area contributed by atoms with Crippen LogP contribution in [-0.4, -0.2) is 46.6 Å². The van der Waals surface area contributed by atoms with Gasteiger partial charge in [0.25, 0.3) is 0 Å². The Morgan fingerprint density at radius 3 is 2.32 bits per heavy atom. The van der Waals surface area contributed by atoms with E-state index in [9.17, 15) is 9.59 Å². The summed E-state index contributed by atoms with van der Waals surface area (Å²) in [5.41, 5.74) is 0. The monoisotopic (exact) mass is 274 g/mol. The summed E-state index contributed by atoms with van der Waals surface area (Å²) >= 11 is 0. The van der Waals surface area contributed by atoms with Crippen LogP contribution in [0.3, 0.4) is 0 Å². The molecule has 110 valence electrons. The number of carbonyl (C=O) groups is 2. The van der Waals surface area contributed by atoms with Gasteiger partial charge in [-0.1, -0.05) is 25.3 Å². The van der Waals surface area contributed by atoms with Gasteiger partial charge in [0.05, 0.1) is 6.61 Å². The highest BCUT2D eigenvalue weighted by atomic mass is 16.6. The molecular formula is C13H22O6. The molecule has 0 amide bonds. The molecular weight excluding hydrogens is 252 g/mol. The van der Waals surface area contributed by atoms with Gasteiger partial charge in [-0.3, -0.25) is 0 Å². The maximum absolute atomic E-state index is 11.1. The van der Waals surface area contributed by atoms with Crippen molar-refractivity contribution in [1.82, 2.24) is 0 Å². The number of esters is 2. The summed E-state index contributed by atoms with van der Waals surface area (Å²) in [5, 5.41) is 25.9. The second-order valence-electron chi connectivity index (χ2n) is 4.12. The molecule has 0 rings (SSSR count). The van der Waals surface area contributed by atoms with Crippen molar-refractivity contribution < 1.29 is 29.6 Å². The second-order valence-corrected chi connectivity index (χ2v) is 4.12. The summed E-state index contributed by atoms with van der Waals surface area (Å²) in [7, 11) is 0. The summed E-state index contributed by atoms with van der Waals surface area (Å²) in [6.45, 7) is -0.552. The Labute approximate surface area is 112 Å². The first-order valence-corrected chi connectivity index (χ1v) is 6.43. The third kappa shape index (κ3) is 10.4. The molecule has 6 nitrogen and oxygen atoms in total. The zero-order chi connectivity index (χ0) is 14.5. The standard InChI is InChI=1S/C13H22O6/c14-9-7-5-3-1-2-4-6-8-12(17)19-13(18)11(16)10-15/h6,8,11,14-16H,1-5,7,9-10H2/b8-6+. The van der Waals surface area contributed by atoms with E-state index in [4.69, 9.17) is 15.3 Å². The Morgan fingerprint density at radius 1 is 1.05 bits per heavy atom. The molecule has 19 heavy (non-hydrogen) atoms.